The molecule has 18 heavy (non-hydrogen) atoms. The maximum absolute atomic E-state index is 5.58. The molecule has 0 radical (unpaired) electrons. The standard InChI is InChI=1S/C14H18N2O2/c1-17-12-4-2-3-11(9-12)5-6-14-16-10-13(18-14)7-8-15/h2-4,9-10H,5-8,15H2,1H3. The molecule has 0 saturated heterocycles. The first-order valence-corrected chi connectivity index (χ1v) is 6.08. The van der Waals surface area contributed by atoms with Crippen LogP contribution in [0, 0.1) is 0 Å². The highest BCUT2D eigenvalue weighted by Crippen LogP contribution is 2.15. The Morgan fingerprint density at radius 1 is 1.28 bits per heavy atom. The van der Waals surface area contributed by atoms with Crippen molar-refractivity contribution in [1.82, 2.24) is 4.98 Å². The van der Waals surface area contributed by atoms with Gasteiger partial charge in [0.2, 0.25) is 0 Å². The van der Waals surface area contributed by atoms with Crippen molar-refractivity contribution in [3.63, 3.8) is 0 Å². The molecule has 96 valence electrons. The van der Waals surface area contributed by atoms with Gasteiger partial charge in [-0.2, -0.15) is 0 Å². The van der Waals surface area contributed by atoms with Gasteiger partial charge < -0.3 is 14.9 Å². The van der Waals surface area contributed by atoms with Crippen LogP contribution in [0.2, 0.25) is 0 Å². The summed E-state index contributed by atoms with van der Waals surface area (Å²) < 4.78 is 10.8. The Kier molecular flexibility index (Phi) is 4.36. The van der Waals surface area contributed by atoms with Gasteiger partial charge in [-0.15, -0.1) is 0 Å². The van der Waals surface area contributed by atoms with Crippen LogP contribution in [0.5, 0.6) is 5.75 Å². The molecule has 2 aromatic rings. The number of benzene rings is 1. The highest BCUT2D eigenvalue weighted by molar-refractivity contribution is 5.28. The number of rotatable bonds is 6. The van der Waals surface area contributed by atoms with Gasteiger partial charge in [0.1, 0.15) is 11.5 Å². The van der Waals surface area contributed by atoms with Gasteiger partial charge in [0.05, 0.1) is 13.3 Å². The molecule has 1 heterocycles. The molecule has 0 aliphatic rings. The van der Waals surface area contributed by atoms with Crippen LogP contribution in [-0.4, -0.2) is 18.6 Å². The van der Waals surface area contributed by atoms with E-state index in [4.69, 9.17) is 14.9 Å². The molecule has 4 heteroatoms. The van der Waals surface area contributed by atoms with Gasteiger partial charge in [-0.1, -0.05) is 12.1 Å². The summed E-state index contributed by atoms with van der Waals surface area (Å²) in [5.41, 5.74) is 6.68. The van der Waals surface area contributed by atoms with E-state index < -0.39 is 0 Å². The number of aryl methyl sites for hydroxylation is 2. The fraction of sp³-hybridized carbons (Fsp3) is 0.357. The maximum atomic E-state index is 5.58. The number of methoxy groups -OCH3 is 1. The van der Waals surface area contributed by atoms with E-state index in [-0.39, 0.29) is 0 Å². The van der Waals surface area contributed by atoms with Crippen molar-refractivity contribution in [2.75, 3.05) is 13.7 Å². The topological polar surface area (TPSA) is 61.3 Å². The van der Waals surface area contributed by atoms with Gasteiger partial charge in [-0.3, -0.25) is 0 Å². The summed E-state index contributed by atoms with van der Waals surface area (Å²) in [5.74, 6) is 2.50. The zero-order valence-electron chi connectivity index (χ0n) is 10.6. The third-order valence-corrected chi connectivity index (χ3v) is 2.75. The van der Waals surface area contributed by atoms with E-state index in [1.54, 1.807) is 13.3 Å². The first-order valence-electron chi connectivity index (χ1n) is 6.08. The molecular formula is C14H18N2O2. The third-order valence-electron chi connectivity index (χ3n) is 2.75. The molecule has 1 aromatic heterocycles. The largest absolute Gasteiger partial charge is 0.497 e. The number of aromatic nitrogens is 1. The summed E-state index contributed by atoms with van der Waals surface area (Å²) in [4.78, 5) is 4.24. The second-order valence-corrected chi connectivity index (χ2v) is 4.11. The molecule has 2 N–H and O–H groups in total. The third kappa shape index (κ3) is 3.34. The lowest BCUT2D eigenvalue weighted by atomic mass is 10.1. The van der Waals surface area contributed by atoms with Crippen LogP contribution in [0.3, 0.4) is 0 Å². The van der Waals surface area contributed by atoms with Crippen LogP contribution < -0.4 is 10.5 Å². The highest BCUT2D eigenvalue weighted by Gasteiger charge is 2.04. The number of hydrogen-bond donors (Lipinski definition) is 1. The van der Waals surface area contributed by atoms with Crippen LogP contribution in [0.15, 0.2) is 34.9 Å². The van der Waals surface area contributed by atoms with Crippen LogP contribution in [0.1, 0.15) is 17.2 Å². The van der Waals surface area contributed by atoms with E-state index in [9.17, 15) is 0 Å². The van der Waals surface area contributed by atoms with E-state index in [0.29, 0.717) is 6.54 Å². The van der Waals surface area contributed by atoms with Gasteiger partial charge in [0, 0.05) is 12.8 Å². The first-order chi connectivity index (χ1) is 8.81. The van der Waals surface area contributed by atoms with Crippen molar-refractivity contribution in [1.29, 1.82) is 0 Å². The van der Waals surface area contributed by atoms with E-state index >= 15 is 0 Å². The molecule has 0 fully saturated rings. The number of oxazole rings is 1. The van der Waals surface area contributed by atoms with Crippen molar-refractivity contribution in [3.8, 4) is 5.75 Å². The van der Waals surface area contributed by atoms with Crippen molar-refractivity contribution in [2.24, 2.45) is 5.73 Å². The monoisotopic (exact) mass is 246 g/mol. The minimum absolute atomic E-state index is 0.588. The van der Waals surface area contributed by atoms with Gasteiger partial charge >= 0.3 is 0 Å². The first kappa shape index (κ1) is 12.6. The SMILES string of the molecule is COc1cccc(CCc2ncc(CCN)o2)c1. The van der Waals surface area contributed by atoms with Crippen LogP contribution in [0.25, 0.3) is 0 Å². The molecule has 0 spiro atoms. The van der Waals surface area contributed by atoms with E-state index in [0.717, 1.165) is 36.7 Å². The van der Waals surface area contributed by atoms with Crippen molar-refractivity contribution < 1.29 is 9.15 Å². The fourth-order valence-corrected chi connectivity index (χ4v) is 1.80. The number of nitrogens with two attached hydrogens (primary N) is 1. The average Bonchev–Trinajstić information content (AvgIpc) is 2.85. The van der Waals surface area contributed by atoms with Crippen LogP contribution in [0.4, 0.5) is 0 Å². The van der Waals surface area contributed by atoms with Gasteiger partial charge in [-0.05, 0) is 30.7 Å². The normalized spacial score (nSPS) is 10.6. The molecule has 1 aromatic carbocycles. The average molecular weight is 246 g/mol. The molecule has 0 atom stereocenters. The molecule has 0 amide bonds. The number of ether oxygens (including phenoxy) is 1. The quantitative estimate of drug-likeness (QED) is 0.846. The lowest BCUT2D eigenvalue weighted by molar-refractivity contribution is 0.414. The minimum Gasteiger partial charge on any atom is -0.497 e. The molecule has 0 aliphatic carbocycles. The van der Waals surface area contributed by atoms with E-state index in [2.05, 4.69) is 11.1 Å². The Bertz CT molecular complexity index is 494. The summed E-state index contributed by atoms with van der Waals surface area (Å²) >= 11 is 0. The summed E-state index contributed by atoms with van der Waals surface area (Å²) in [7, 11) is 1.67. The lowest BCUT2D eigenvalue weighted by Gasteiger charge is -2.02. The summed E-state index contributed by atoms with van der Waals surface area (Å²) in [6.45, 7) is 0.588. The van der Waals surface area contributed by atoms with Crippen molar-refractivity contribution >= 4 is 0 Å². The summed E-state index contributed by atoms with van der Waals surface area (Å²) in [6.07, 6.45) is 4.18. The Morgan fingerprint density at radius 2 is 2.17 bits per heavy atom. The number of hydrogen-bond acceptors (Lipinski definition) is 4. The van der Waals surface area contributed by atoms with Crippen LogP contribution in [-0.2, 0) is 19.3 Å². The van der Waals surface area contributed by atoms with Gasteiger partial charge in [0.15, 0.2) is 5.89 Å². The van der Waals surface area contributed by atoms with Crippen LogP contribution >= 0.6 is 0 Å². The second kappa shape index (κ2) is 6.21. The maximum Gasteiger partial charge on any atom is 0.194 e. The van der Waals surface area contributed by atoms with E-state index in [1.165, 1.54) is 5.56 Å². The molecule has 0 saturated carbocycles. The molecule has 0 aliphatic heterocycles. The smallest absolute Gasteiger partial charge is 0.194 e. The zero-order chi connectivity index (χ0) is 12.8. The van der Waals surface area contributed by atoms with E-state index in [1.807, 2.05) is 18.2 Å². The fourth-order valence-electron chi connectivity index (χ4n) is 1.80. The predicted octanol–water partition coefficient (Wildman–Crippen LogP) is 1.97. The molecule has 0 bridgehead atoms. The number of nitrogens with zero attached hydrogens (tertiary/aromatic N) is 1. The summed E-state index contributed by atoms with van der Waals surface area (Å²) in [6, 6.07) is 8.04. The Labute approximate surface area is 107 Å². The predicted molar refractivity (Wildman–Crippen MR) is 69.7 cm³/mol. The molecule has 0 unspecified atom stereocenters. The Hall–Kier alpha value is -1.81. The Morgan fingerprint density at radius 3 is 2.94 bits per heavy atom. The highest BCUT2D eigenvalue weighted by atomic mass is 16.5. The minimum atomic E-state index is 0.588. The molecule has 4 nitrogen and oxygen atoms in total. The van der Waals surface area contributed by atoms with Gasteiger partial charge in [-0.25, -0.2) is 4.98 Å². The lowest BCUT2D eigenvalue weighted by Crippen LogP contribution is -2.01. The molecule has 2 rings (SSSR count). The van der Waals surface area contributed by atoms with Gasteiger partial charge in [0.25, 0.3) is 0 Å². The van der Waals surface area contributed by atoms with Crippen molar-refractivity contribution in [3.05, 3.63) is 47.7 Å². The molecular weight excluding hydrogens is 228 g/mol. The zero-order valence-corrected chi connectivity index (χ0v) is 10.6. The van der Waals surface area contributed by atoms with Crippen molar-refractivity contribution in [2.45, 2.75) is 19.3 Å². The summed E-state index contributed by atoms with van der Waals surface area (Å²) in [5, 5.41) is 0. The Balaban J connectivity index is 1.93. The second-order valence-electron chi connectivity index (χ2n) is 4.11.